The van der Waals surface area contributed by atoms with Gasteiger partial charge in [-0.05, 0) is 20.8 Å². The summed E-state index contributed by atoms with van der Waals surface area (Å²) >= 11 is 0. The Hall–Kier alpha value is 0.0200. The van der Waals surface area contributed by atoms with E-state index in [1.807, 2.05) is 0 Å². The number of ether oxygens (including phenoxy) is 3. The SMILES string of the molecule is CC1CC(OP(=O)(O)OC[C@H]2OC(C)CC2OP(=O)(O)OC[C@H]2O[C@H](C)CC2O)[C@@H](CO)O1. The van der Waals surface area contributed by atoms with Crippen LogP contribution in [-0.4, -0.2) is 94.8 Å². The fraction of sp³-hybridized carbons (Fsp3) is 1.00. The minimum atomic E-state index is -4.55. The Morgan fingerprint density at radius 3 is 1.67 bits per heavy atom. The van der Waals surface area contributed by atoms with Crippen molar-refractivity contribution in [1.29, 1.82) is 0 Å². The Kier molecular flexibility index (Phi) is 9.52. The molecule has 194 valence electrons. The summed E-state index contributed by atoms with van der Waals surface area (Å²) in [6.07, 6.45) is -4.90. The second kappa shape index (κ2) is 11.4. The van der Waals surface area contributed by atoms with Crippen LogP contribution in [0.2, 0.25) is 0 Å². The van der Waals surface area contributed by atoms with Crippen molar-refractivity contribution < 1.29 is 61.4 Å². The number of phosphoric acid groups is 2. The molecule has 15 heteroatoms. The number of phosphoric ester groups is 2. The molecule has 0 amide bonds. The van der Waals surface area contributed by atoms with Crippen molar-refractivity contribution in [3.05, 3.63) is 0 Å². The number of hydrogen-bond acceptors (Lipinski definition) is 11. The van der Waals surface area contributed by atoms with Gasteiger partial charge in [0.15, 0.2) is 0 Å². The van der Waals surface area contributed by atoms with Crippen molar-refractivity contribution in [2.75, 3.05) is 19.8 Å². The van der Waals surface area contributed by atoms with Gasteiger partial charge in [0.25, 0.3) is 0 Å². The second-order valence-corrected chi connectivity index (χ2v) is 11.5. The average Bonchev–Trinajstić information content (AvgIpc) is 3.33. The van der Waals surface area contributed by atoms with E-state index in [-0.39, 0.29) is 37.9 Å². The first-order chi connectivity index (χ1) is 15.4. The molecule has 3 heterocycles. The molecule has 0 aromatic rings. The van der Waals surface area contributed by atoms with E-state index < -0.39 is 58.9 Å². The molecule has 7 unspecified atom stereocenters. The molecule has 3 aliphatic heterocycles. The molecule has 3 saturated heterocycles. The molecule has 0 bridgehead atoms. The molecule has 0 aromatic heterocycles. The van der Waals surface area contributed by atoms with Gasteiger partial charge in [-0.15, -0.1) is 0 Å². The molecule has 0 radical (unpaired) electrons. The van der Waals surface area contributed by atoms with Crippen LogP contribution in [0, 0.1) is 0 Å². The van der Waals surface area contributed by atoms with Crippen LogP contribution in [0.5, 0.6) is 0 Å². The molecular formula is C18H34O13P2. The molecule has 33 heavy (non-hydrogen) atoms. The highest BCUT2D eigenvalue weighted by atomic mass is 31.2. The molecule has 3 rings (SSSR count). The first kappa shape index (κ1) is 27.6. The monoisotopic (exact) mass is 520 g/mol. The van der Waals surface area contributed by atoms with E-state index >= 15 is 0 Å². The minimum absolute atomic E-state index is 0.193. The zero-order valence-corrected chi connectivity index (χ0v) is 20.6. The maximum Gasteiger partial charge on any atom is 0.472 e. The number of rotatable bonds is 11. The van der Waals surface area contributed by atoms with Gasteiger partial charge in [-0.3, -0.25) is 18.1 Å². The van der Waals surface area contributed by atoms with Gasteiger partial charge in [-0.2, -0.15) is 0 Å². The second-order valence-electron chi connectivity index (χ2n) is 8.73. The van der Waals surface area contributed by atoms with Crippen molar-refractivity contribution >= 4 is 15.6 Å². The van der Waals surface area contributed by atoms with E-state index in [1.54, 1.807) is 20.8 Å². The van der Waals surface area contributed by atoms with E-state index in [1.165, 1.54) is 0 Å². The summed E-state index contributed by atoms with van der Waals surface area (Å²) in [4.78, 5) is 20.2. The smallest absolute Gasteiger partial charge is 0.394 e. The molecular weight excluding hydrogens is 486 g/mol. The van der Waals surface area contributed by atoms with E-state index in [0.717, 1.165) is 0 Å². The Morgan fingerprint density at radius 1 is 0.758 bits per heavy atom. The van der Waals surface area contributed by atoms with E-state index in [0.29, 0.717) is 12.8 Å². The highest BCUT2D eigenvalue weighted by Crippen LogP contribution is 2.50. The highest BCUT2D eigenvalue weighted by molar-refractivity contribution is 7.47. The van der Waals surface area contributed by atoms with E-state index in [2.05, 4.69) is 0 Å². The lowest BCUT2D eigenvalue weighted by Crippen LogP contribution is -2.31. The predicted molar refractivity (Wildman–Crippen MR) is 111 cm³/mol. The van der Waals surface area contributed by atoms with Crippen molar-refractivity contribution in [2.24, 2.45) is 0 Å². The fourth-order valence-corrected chi connectivity index (χ4v) is 6.12. The first-order valence-corrected chi connectivity index (χ1v) is 13.9. The maximum atomic E-state index is 12.4. The topological polar surface area (TPSA) is 180 Å². The zero-order chi connectivity index (χ0) is 24.4. The summed E-state index contributed by atoms with van der Waals surface area (Å²) in [7, 11) is -9.09. The minimum Gasteiger partial charge on any atom is -0.394 e. The van der Waals surface area contributed by atoms with Gasteiger partial charge in [0.2, 0.25) is 0 Å². The van der Waals surface area contributed by atoms with Gasteiger partial charge in [-0.25, -0.2) is 9.13 Å². The van der Waals surface area contributed by atoms with Gasteiger partial charge in [0, 0.05) is 19.3 Å². The Balaban J connectivity index is 1.50. The Morgan fingerprint density at radius 2 is 1.18 bits per heavy atom. The molecule has 4 N–H and O–H groups in total. The lowest BCUT2D eigenvalue weighted by Gasteiger charge is -2.24. The average molecular weight is 520 g/mol. The summed E-state index contributed by atoms with van der Waals surface area (Å²) in [5.41, 5.74) is 0. The van der Waals surface area contributed by atoms with Crippen LogP contribution >= 0.6 is 15.6 Å². The summed E-state index contributed by atoms with van der Waals surface area (Å²) in [5.74, 6) is 0. The van der Waals surface area contributed by atoms with Gasteiger partial charge in [-0.1, -0.05) is 0 Å². The number of aliphatic hydroxyl groups excluding tert-OH is 2. The number of aliphatic hydroxyl groups is 2. The van der Waals surface area contributed by atoms with Crippen LogP contribution in [-0.2, 0) is 41.4 Å². The quantitative estimate of drug-likeness (QED) is 0.282. The third-order valence-corrected chi connectivity index (χ3v) is 7.73. The zero-order valence-electron chi connectivity index (χ0n) is 18.8. The van der Waals surface area contributed by atoms with Crippen molar-refractivity contribution in [3.8, 4) is 0 Å². The van der Waals surface area contributed by atoms with Crippen LogP contribution in [0.4, 0.5) is 0 Å². The lowest BCUT2D eigenvalue weighted by molar-refractivity contribution is -0.0410. The number of hydrogen-bond donors (Lipinski definition) is 4. The molecule has 11 atom stereocenters. The van der Waals surface area contributed by atoms with Gasteiger partial charge in [0.1, 0.15) is 30.5 Å². The van der Waals surface area contributed by atoms with Gasteiger partial charge in [0.05, 0.1) is 44.2 Å². The third kappa shape index (κ3) is 8.01. The van der Waals surface area contributed by atoms with Crippen LogP contribution in [0.15, 0.2) is 0 Å². The van der Waals surface area contributed by atoms with Crippen molar-refractivity contribution in [3.63, 3.8) is 0 Å². The van der Waals surface area contributed by atoms with Crippen molar-refractivity contribution in [1.82, 2.24) is 0 Å². The van der Waals surface area contributed by atoms with Crippen LogP contribution in [0.1, 0.15) is 40.0 Å². The van der Waals surface area contributed by atoms with Crippen LogP contribution in [0.3, 0.4) is 0 Å². The normalized spacial score (nSPS) is 42.9. The largest absolute Gasteiger partial charge is 0.472 e. The molecule has 13 nitrogen and oxygen atoms in total. The molecule has 3 aliphatic rings. The summed E-state index contributed by atoms with van der Waals surface area (Å²) < 4.78 is 61.6. The van der Waals surface area contributed by atoms with Crippen LogP contribution in [0.25, 0.3) is 0 Å². The van der Waals surface area contributed by atoms with E-state index in [4.69, 9.17) is 32.3 Å². The maximum absolute atomic E-state index is 12.4. The molecule has 0 saturated carbocycles. The molecule has 0 spiro atoms. The van der Waals surface area contributed by atoms with Crippen LogP contribution < -0.4 is 0 Å². The highest BCUT2D eigenvalue weighted by Gasteiger charge is 2.43. The van der Waals surface area contributed by atoms with Gasteiger partial charge < -0.3 is 34.2 Å². The molecule has 0 aliphatic carbocycles. The summed E-state index contributed by atoms with van der Waals surface area (Å²) in [5, 5.41) is 19.2. The Bertz CT molecular complexity index is 738. The van der Waals surface area contributed by atoms with Gasteiger partial charge >= 0.3 is 15.6 Å². The predicted octanol–water partition coefficient (Wildman–Crippen LogP) is 0.876. The molecule has 0 aromatic carbocycles. The van der Waals surface area contributed by atoms with E-state index in [9.17, 15) is 29.1 Å². The lowest BCUT2D eigenvalue weighted by atomic mass is 10.1. The molecule has 3 fully saturated rings. The summed E-state index contributed by atoms with van der Waals surface area (Å²) in [6.45, 7) is 4.08. The standard InChI is InChI=1S/C18H34O13P2/c1-10-4-13(20)17(28-10)8-25-32(21,22)31-15-6-12(3)29-18(15)9-26-33(23,24)30-14-5-11(2)27-16(14)7-19/h10-20H,4-9H2,1-3H3,(H,21,22)(H,23,24)/t10-,11?,12?,13?,14?,15?,16-,17-,18-/m1/s1. The Labute approximate surface area is 192 Å². The fourth-order valence-electron chi connectivity index (χ4n) is 4.20. The first-order valence-electron chi connectivity index (χ1n) is 10.9. The third-order valence-electron chi connectivity index (χ3n) is 5.70. The summed E-state index contributed by atoms with van der Waals surface area (Å²) in [6, 6.07) is 0. The van der Waals surface area contributed by atoms with Crippen molar-refractivity contribution in [2.45, 2.75) is 95.0 Å².